The van der Waals surface area contributed by atoms with Gasteiger partial charge >= 0.3 is 0 Å². The first-order valence-corrected chi connectivity index (χ1v) is 9.39. The van der Waals surface area contributed by atoms with Gasteiger partial charge in [-0.25, -0.2) is 4.58 Å². The summed E-state index contributed by atoms with van der Waals surface area (Å²) in [5, 5.41) is 5.33. The molecular formula is C23H18NO3+. The van der Waals surface area contributed by atoms with Crippen LogP contribution in [-0.2, 0) is 0 Å². The molecule has 3 aromatic carbocycles. The molecule has 3 heterocycles. The molecule has 0 fully saturated rings. The summed E-state index contributed by atoms with van der Waals surface area (Å²) in [6.07, 6.45) is 0. The third kappa shape index (κ3) is 1.85. The Balaban J connectivity index is 2.02. The minimum Gasteiger partial charge on any atom is -0.456 e. The highest BCUT2D eigenvalue weighted by atomic mass is 16.4. The SMILES string of the molecule is CC[N+](CC)=c1cc2oc3cccc4oc5cccc6oc(c1)c2c(c43)c56. The van der Waals surface area contributed by atoms with E-state index in [1.54, 1.807) is 0 Å². The van der Waals surface area contributed by atoms with Gasteiger partial charge < -0.3 is 13.3 Å². The van der Waals surface area contributed by atoms with Crippen molar-refractivity contribution in [3.8, 4) is 0 Å². The monoisotopic (exact) mass is 356 g/mol. The Morgan fingerprint density at radius 1 is 0.593 bits per heavy atom. The second-order valence-corrected chi connectivity index (χ2v) is 6.93. The third-order valence-electron chi connectivity index (χ3n) is 5.57. The molecule has 0 spiro atoms. The van der Waals surface area contributed by atoms with E-state index < -0.39 is 0 Å². The fourth-order valence-corrected chi connectivity index (χ4v) is 4.34. The van der Waals surface area contributed by atoms with Gasteiger partial charge in [-0.2, -0.15) is 0 Å². The van der Waals surface area contributed by atoms with E-state index in [1.807, 2.05) is 36.4 Å². The summed E-state index contributed by atoms with van der Waals surface area (Å²) in [4.78, 5) is 0. The van der Waals surface area contributed by atoms with Crippen LogP contribution in [0, 0.1) is 0 Å². The summed E-state index contributed by atoms with van der Waals surface area (Å²) in [6, 6.07) is 16.2. The highest BCUT2D eigenvalue weighted by molar-refractivity contribution is 6.31. The molecule has 4 heteroatoms. The van der Waals surface area contributed by atoms with Crippen LogP contribution >= 0.6 is 0 Å². The molecule has 0 aliphatic rings. The maximum atomic E-state index is 6.32. The average Bonchev–Trinajstić information content (AvgIpc) is 2.69. The van der Waals surface area contributed by atoms with Crippen molar-refractivity contribution in [2.75, 3.05) is 13.1 Å². The van der Waals surface area contributed by atoms with Crippen molar-refractivity contribution in [1.29, 1.82) is 0 Å². The quantitative estimate of drug-likeness (QED) is 0.234. The van der Waals surface area contributed by atoms with E-state index in [-0.39, 0.29) is 0 Å². The van der Waals surface area contributed by atoms with Crippen molar-refractivity contribution >= 4 is 55.0 Å². The number of benzene rings is 3. The van der Waals surface area contributed by atoms with E-state index in [9.17, 15) is 0 Å². The topological polar surface area (TPSA) is 42.4 Å². The lowest BCUT2D eigenvalue weighted by atomic mass is 9.99. The van der Waals surface area contributed by atoms with Crippen molar-refractivity contribution < 1.29 is 13.3 Å². The average molecular weight is 356 g/mol. The first-order chi connectivity index (χ1) is 13.3. The van der Waals surface area contributed by atoms with Gasteiger partial charge in [0.15, 0.2) is 0 Å². The molecule has 27 heavy (non-hydrogen) atoms. The lowest BCUT2D eigenvalue weighted by Crippen LogP contribution is -2.29. The Kier molecular flexibility index (Phi) is 2.82. The van der Waals surface area contributed by atoms with Gasteiger partial charge in [-0.1, -0.05) is 12.1 Å². The maximum Gasteiger partial charge on any atom is 0.207 e. The number of rotatable bonds is 2. The summed E-state index contributed by atoms with van der Waals surface area (Å²) in [6.45, 7) is 6.18. The molecule has 0 aliphatic heterocycles. The van der Waals surface area contributed by atoms with Crippen LogP contribution in [-0.4, -0.2) is 13.1 Å². The van der Waals surface area contributed by atoms with Crippen LogP contribution in [0.1, 0.15) is 13.8 Å². The highest BCUT2D eigenvalue weighted by Crippen LogP contribution is 2.43. The number of hydrogen-bond donors (Lipinski definition) is 0. The second-order valence-electron chi connectivity index (χ2n) is 6.93. The molecule has 0 unspecified atom stereocenters. The Morgan fingerprint density at radius 3 is 1.44 bits per heavy atom. The van der Waals surface area contributed by atoms with Crippen molar-refractivity contribution in [2.24, 2.45) is 0 Å². The van der Waals surface area contributed by atoms with Crippen LogP contribution in [0.3, 0.4) is 0 Å². The van der Waals surface area contributed by atoms with Crippen molar-refractivity contribution in [1.82, 2.24) is 4.58 Å². The third-order valence-corrected chi connectivity index (χ3v) is 5.57. The smallest absolute Gasteiger partial charge is 0.207 e. The van der Waals surface area contributed by atoms with E-state index >= 15 is 0 Å². The number of hydrogen-bond acceptors (Lipinski definition) is 3. The second kappa shape index (κ2) is 5.13. The van der Waals surface area contributed by atoms with Gasteiger partial charge in [0.2, 0.25) is 5.36 Å². The van der Waals surface area contributed by atoms with Crippen LogP contribution in [0.2, 0.25) is 0 Å². The zero-order chi connectivity index (χ0) is 18.1. The van der Waals surface area contributed by atoms with Gasteiger partial charge in [-0.3, -0.25) is 0 Å². The molecule has 0 amide bonds. The fourth-order valence-electron chi connectivity index (χ4n) is 4.34. The van der Waals surface area contributed by atoms with Crippen molar-refractivity contribution in [3.05, 3.63) is 53.9 Å². The molecule has 132 valence electrons. The van der Waals surface area contributed by atoms with Crippen LogP contribution in [0.25, 0.3) is 55.0 Å². The molecular weight excluding hydrogens is 338 g/mol. The normalized spacial score (nSPS) is 12.4. The molecule has 6 rings (SSSR count). The number of nitrogens with zero attached hydrogens (tertiary/aromatic N) is 1. The Hall–Kier alpha value is -3.27. The van der Waals surface area contributed by atoms with Gasteiger partial charge in [-0.05, 0) is 38.1 Å². The van der Waals surface area contributed by atoms with Crippen LogP contribution in [0.15, 0.2) is 61.8 Å². The van der Waals surface area contributed by atoms with Gasteiger partial charge in [0.25, 0.3) is 0 Å². The molecule has 0 saturated heterocycles. The highest BCUT2D eigenvalue weighted by Gasteiger charge is 2.21. The van der Waals surface area contributed by atoms with Gasteiger partial charge in [-0.15, -0.1) is 0 Å². The van der Waals surface area contributed by atoms with Crippen molar-refractivity contribution in [2.45, 2.75) is 13.8 Å². The van der Waals surface area contributed by atoms with E-state index in [1.165, 1.54) is 0 Å². The predicted molar refractivity (Wildman–Crippen MR) is 108 cm³/mol. The maximum absolute atomic E-state index is 6.32. The molecule has 4 nitrogen and oxygen atoms in total. The first-order valence-electron chi connectivity index (χ1n) is 9.39. The largest absolute Gasteiger partial charge is 0.456 e. The molecule has 6 aromatic rings. The van der Waals surface area contributed by atoms with Crippen LogP contribution in [0.5, 0.6) is 0 Å². The summed E-state index contributed by atoms with van der Waals surface area (Å²) in [5.41, 5.74) is 5.02. The minimum absolute atomic E-state index is 0.832. The van der Waals surface area contributed by atoms with E-state index in [0.29, 0.717) is 0 Å². The molecule has 0 saturated carbocycles. The van der Waals surface area contributed by atoms with E-state index in [0.717, 1.165) is 73.5 Å². The standard InChI is InChI=1S/C23H18NO3/c1-3-24(4-2)13-11-18-22-19(12-13)27-17-10-6-8-15-21(17)23(22)20-14(25-15)7-5-9-16(20)26-18/h5-12H,3-4H2,1-2H3/q+1. The Bertz CT molecular complexity index is 1440. The van der Waals surface area contributed by atoms with E-state index in [4.69, 9.17) is 13.3 Å². The summed E-state index contributed by atoms with van der Waals surface area (Å²) in [5.74, 6) is 0. The minimum atomic E-state index is 0.832. The van der Waals surface area contributed by atoms with Gasteiger partial charge in [0, 0.05) is 5.39 Å². The summed E-state index contributed by atoms with van der Waals surface area (Å²) in [7, 11) is 0. The fraction of sp³-hybridized carbons (Fsp3) is 0.174. The zero-order valence-corrected chi connectivity index (χ0v) is 15.2. The predicted octanol–water partition coefficient (Wildman–Crippen LogP) is 5.48. The lowest BCUT2D eigenvalue weighted by molar-refractivity contribution is 0.613. The van der Waals surface area contributed by atoms with Crippen molar-refractivity contribution in [3.63, 3.8) is 0 Å². The molecule has 0 bridgehead atoms. The summed E-state index contributed by atoms with van der Waals surface area (Å²) >= 11 is 0. The van der Waals surface area contributed by atoms with Gasteiger partial charge in [0.1, 0.15) is 46.6 Å². The lowest BCUT2D eigenvalue weighted by Gasteiger charge is -2.14. The van der Waals surface area contributed by atoms with Crippen LogP contribution in [0.4, 0.5) is 0 Å². The first kappa shape index (κ1) is 14.9. The Labute approximate surface area is 154 Å². The molecule has 0 N–H and O–H groups in total. The summed E-state index contributed by atoms with van der Waals surface area (Å²) < 4.78 is 21.1. The molecule has 3 aromatic heterocycles. The Morgan fingerprint density at radius 2 is 1.00 bits per heavy atom. The zero-order valence-electron chi connectivity index (χ0n) is 15.2. The molecule has 0 radical (unpaired) electrons. The molecule has 0 atom stereocenters. The van der Waals surface area contributed by atoms with E-state index in [2.05, 4.69) is 30.6 Å². The van der Waals surface area contributed by atoms with Gasteiger partial charge in [0.05, 0.1) is 28.3 Å². The molecule has 0 aliphatic carbocycles. The van der Waals surface area contributed by atoms with Crippen LogP contribution < -0.4 is 9.93 Å².